The Morgan fingerprint density at radius 1 is 1.23 bits per heavy atom. The number of nitrogens with zero attached hydrogens (tertiary/aromatic N) is 4. The van der Waals surface area contributed by atoms with E-state index in [0.29, 0.717) is 4.68 Å². The van der Waals surface area contributed by atoms with Gasteiger partial charge in [-0.05, 0) is 19.1 Å². The Morgan fingerprint density at radius 2 is 1.85 bits per heavy atom. The van der Waals surface area contributed by atoms with Crippen molar-refractivity contribution in [3.63, 3.8) is 0 Å². The fourth-order valence-corrected chi connectivity index (χ4v) is 3.37. The van der Waals surface area contributed by atoms with Crippen molar-refractivity contribution in [1.82, 2.24) is 19.2 Å². The molecule has 2 rings (SSSR count). The number of benzene rings is 1. The molecule has 0 aliphatic heterocycles. The molecule has 2 aromatic rings. The van der Waals surface area contributed by atoms with Crippen LogP contribution in [0, 0.1) is 6.92 Å². The van der Waals surface area contributed by atoms with E-state index in [1.165, 1.54) is 30.1 Å². The van der Waals surface area contributed by atoms with E-state index in [9.17, 15) is 22.8 Å². The number of rotatable bonds is 4. The molecule has 0 fully saturated rings. The van der Waals surface area contributed by atoms with Crippen molar-refractivity contribution in [2.75, 3.05) is 26.2 Å². The Hall–Kier alpha value is -3.15. The topological polar surface area (TPSA) is 133 Å². The molecular formula is C14H17N5O6S. The number of aromatic nitrogens is 3. The second-order valence-electron chi connectivity index (χ2n) is 5.30. The first kappa shape index (κ1) is 19.2. The molecule has 0 radical (unpaired) electrons. The van der Waals surface area contributed by atoms with Gasteiger partial charge >= 0.3 is 17.7 Å². The number of aryl methyl sites for hydroxylation is 1. The number of esters is 1. The van der Waals surface area contributed by atoms with Gasteiger partial charge in [-0.25, -0.2) is 27.5 Å². The van der Waals surface area contributed by atoms with Crippen LogP contribution in [0.3, 0.4) is 0 Å². The molecule has 140 valence electrons. The largest absolute Gasteiger partial charge is 0.465 e. The molecule has 0 unspecified atom stereocenters. The van der Waals surface area contributed by atoms with Crippen molar-refractivity contribution in [2.24, 2.45) is 0 Å². The van der Waals surface area contributed by atoms with Crippen LogP contribution in [0.5, 0.6) is 0 Å². The molecule has 12 heteroatoms. The molecule has 1 aromatic heterocycles. The minimum absolute atomic E-state index is 0.183. The van der Waals surface area contributed by atoms with E-state index in [-0.39, 0.29) is 11.4 Å². The van der Waals surface area contributed by atoms with Crippen LogP contribution in [0.1, 0.15) is 16.2 Å². The Morgan fingerprint density at radius 3 is 2.38 bits per heavy atom. The molecule has 1 N–H and O–H groups in total. The van der Waals surface area contributed by atoms with Crippen molar-refractivity contribution in [2.45, 2.75) is 11.8 Å². The van der Waals surface area contributed by atoms with Crippen molar-refractivity contribution in [3.05, 3.63) is 46.1 Å². The Labute approximate surface area is 148 Å². The number of nitrogens with one attached hydrogen (secondary N) is 1. The predicted molar refractivity (Wildman–Crippen MR) is 90.2 cm³/mol. The zero-order valence-corrected chi connectivity index (χ0v) is 15.3. The van der Waals surface area contributed by atoms with Gasteiger partial charge in [-0.2, -0.15) is 4.68 Å². The summed E-state index contributed by atoms with van der Waals surface area (Å²) in [7, 11) is -0.245. The van der Waals surface area contributed by atoms with Crippen LogP contribution >= 0.6 is 0 Å². The number of hydrogen-bond donors (Lipinski definition) is 1. The number of hydrogen-bond acceptors (Lipinski definition) is 8. The normalized spacial score (nSPS) is 11.1. The van der Waals surface area contributed by atoms with Crippen molar-refractivity contribution in [3.8, 4) is 0 Å². The maximum atomic E-state index is 12.5. The smallest absolute Gasteiger partial charge is 0.373 e. The number of amides is 1. The summed E-state index contributed by atoms with van der Waals surface area (Å²) >= 11 is 0. The zero-order chi connectivity index (χ0) is 19.6. The van der Waals surface area contributed by atoms with Gasteiger partial charge in [0.05, 0.1) is 12.7 Å². The summed E-state index contributed by atoms with van der Waals surface area (Å²) in [5, 5.41) is 5.12. The predicted octanol–water partition coefficient (Wildman–Crippen LogP) is -0.716. The van der Waals surface area contributed by atoms with E-state index < -0.39 is 32.6 Å². The van der Waals surface area contributed by atoms with Crippen LogP contribution in [0.4, 0.5) is 4.79 Å². The second kappa shape index (κ2) is 7.00. The summed E-state index contributed by atoms with van der Waals surface area (Å²) in [4.78, 5) is 35.7. The van der Waals surface area contributed by atoms with Gasteiger partial charge < -0.3 is 9.75 Å². The molecule has 1 amide bonds. The molecule has 11 nitrogen and oxygen atoms in total. The molecule has 0 saturated carbocycles. The highest BCUT2D eigenvalue weighted by atomic mass is 32.2. The SMILES string of the molecule is COC(=O)c1ccccc1S(=O)(=O)NC(=O)n1nc(C)n(N(C)C)c1=O. The second-order valence-corrected chi connectivity index (χ2v) is 6.95. The molecule has 0 spiro atoms. The molecule has 0 aliphatic rings. The third-order valence-corrected chi connectivity index (χ3v) is 4.69. The third kappa shape index (κ3) is 3.44. The van der Waals surface area contributed by atoms with E-state index in [0.717, 1.165) is 17.9 Å². The van der Waals surface area contributed by atoms with Crippen molar-refractivity contribution < 1.29 is 22.7 Å². The quantitative estimate of drug-likeness (QED) is 0.684. The molecule has 0 atom stereocenters. The van der Waals surface area contributed by atoms with Gasteiger partial charge in [-0.3, -0.25) is 0 Å². The summed E-state index contributed by atoms with van der Waals surface area (Å²) in [6.45, 7) is 1.48. The first-order valence-electron chi connectivity index (χ1n) is 7.21. The minimum Gasteiger partial charge on any atom is -0.465 e. The van der Waals surface area contributed by atoms with Crippen LogP contribution in [0.15, 0.2) is 34.0 Å². The minimum atomic E-state index is -4.46. The highest BCUT2D eigenvalue weighted by molar-refractivity contribution is 7.90. The monoisotopic (exact) mass is 383 g/mol. The van der Waals surface area contributed by atoms with Crippen LogP contribution in [-0.4, -0.2) is 56.1 Å². The van der Waals surface area contributed by atoms with E-state index in [2.05, 4.69) is 9.84 Å². The molecule has 26 heavy (non-hydrogen) atoms. The van der Waals surface area contributed by atoms with E-state index in [1.54, 1.807) is 18.8 Å². The first-order valence-corrected chi connectivity index (χ1v) is 8.69. The maximum absolute atomic E-state index is 12.5. The van der Waals surface area contributed by atoms with Gasteiger partial charge in [0.15, 0.2) is 5.82 Å². The molecule has 0 bridgehead atoms. The van der Waals surface area contributed by atoms with Crippen molar-refractivity contribution in [1.29, 1.82) is 0 Å². The van der Waals surface area contributed by atoms with Crippen LogP contribution in [0.2, 0.25) is 0 Å². The Bertz CT molecular complexity index is 1020. The first-order chi connectivity index (χ1) is 12.1. The van der Waals surface area contributed by atoms with Gasteiger partial charge in [0.1, 0.15) is 4.90 Å². The summed E-state index contributed by atoms with van der Waals surface area (Å²) in [5.74, 6) is -0.703. The summed E-state index contributed by atoms with van der Waals surface area (Å²) in [5.41, 5.74) is -1.10. The zero-order valence-electron chi connectivity index (χ0n) is 14.5. The van der Waals surface area contributed by atoms with Crippen LogP contribution < -0.4 is 15.4 Å². The number of carbonyl (C=O) groups is 2. The van der Waals surface area contributed by atoms with Gasteiger partial charge in [-0.1, -0.05) is 12.1 Å². The Kier molecular flexibility index (Phi) is 5.16. The van der Waals surface area contributed by atoms with E-state index in [4.69, 9.17) is 0 Å². The number of methoxy groups -OCH3 is 1. The van der Waals surface area contributed by atoms with Gasteiger partial charge in [0, 0.05) is 14.1 Å². The lowest BCUT2D eigenvalue weighted by atomic mass is 10.2. The number of ether oxygens (including phenoxy) is 1. The molecular weight excluding hydrogens is 366 g/mol. The molecule has 1 heterocycles. The summed E-state index contributed by atoms with van der Waals surface area (Å²) in [6.07, 6.45) is 0. The van der Waals surface area contributed by atoms with Crippen LogP contribution in [0.25, 0.3) is 0 Å². The van der Waals surface area contributed by atoms with Gasteiger partial charge in [0.25, 0.3) is 10.0 Å². The van der Waals surface area contributed by atoms with Gasteiger partial charge in [0.2, 0.25) is 0 Å². The average molecular weight is 383 g/mol. The lowest BCUT2D eigenvalue weighted by Crippen LogP contribution is -2.43. The average Bonchev–Trinajstić information content (AvgIpc) is 2.88. The lowest BCUT2D eigenvalue weighted by molar-refractivity contribution is 0.0596. The fraction of sp³-hybridized carbons (Fsp3) is 0.286. The molecule has 1 aromatic carbocycles. The lowest BCUT2D eigenvalue weighted by Gasteiger charge is -2.12. The summed E-state index contributed by atoms with van der Waals surface area (Å²) in [6, 6.07) is 3.91. The van der Waals surface area contributed by atoms with Crippen LogP contribution in [-0.2, 0) is 14.8 Å². The third-order valence-electron chi connectivity index (χ3n) is 3.31. The number of carbonyl (C=O) groups excluding carboxylic acids is 2. The number of sulfonamides is 1. The molecule has 0 aliphatic carbocycles. The maximum Gasteiger partial charge on any atom is 0.373 e. The highest BCUT2D eigenvalue weighted by Crippen LogP contribution is 2.16. The van der Waals surface area contributed by atoms with E-state index in [1.807, 2.05) is 0 Å². The highest BCUT2D eigenvalue weighted by Gasteiger charge is 2.27. The van der Waals surface area contributed by atoms with Crippen molar-refractivity contribution >= 4 is 22.0 Å². The Balaban J connectivity index is 2.43. The van der Waals surface area contributed by atoms with E-state index >= 15 is 0 Å². The molecule has 0 saturated heterocycles. The fourth-order valence-electron chi connectivity index (χ4n) is 2.24. The van der Waals surface area contributed by atoms with Gasteiger partial charge in [-0.15, -0.1) is 9.78 Å². The standard InChI is InChI=1S/C14H17N5O6S/c1-9-15-18(14(22)19(9)17(2)3)13(21)16-26(23,24)11-8-6-5-7-10(11)12(20)25-4/h5-8H,1-4H3,(H,16,21). The summed E-state index contributed by atoms with van der Waals surface area (Å²) < 4.78 is 32.7.